The van der Waals surface area contributed by atoms with Crippen LogP contribution in [-0.2, 0) is 11.3 Å². The van der Waals surface area contributed by atoms with Crippen LogP contribution in [0, 0.1) is 0 Å². The lowest BCUT2D eigenvalue weighted by Crippen LogP contribution is -2.32. The first-order chi connectivity index (χ1) is 16.1. The Hall–Kier alpha value is -3.51. The summed E-state index contributed by atoms with van der Waals surface area (Å²) in [5, 5.41) is 11.6. The molecule has 0 fully saturated rings. The van der Waals surface area contributed by atoms with Crippen molar-refractivity contribution in [1.29, 1.82) is 0 Å². The van der Waals surface area contributed by atoms with Crippen LogP contribution < -0.4 is 10.2 Å². The number of hydrogen-bond donors (Lipinski definition) is 1. The van der Waals surface area contributed by atoms with Gasteiger partial charge < -0.3 is 10.2 Å². The maximum absolute atomic E-state index is 12.1. The van der Waals surface area contributed by atoms with Gasteiger partial charge in [0, 0.05) is 24.5 Å². The third kappa shape index (κ3) is 7.54. The van der Waals surface area contributed by atoms with Crippen molar-refractivity contribution in [3.63, 3.8) is 0 Å². The number of amides is 1. The van der Waals surface area contributed by atoms with Crippen LogP contribution >= 0.6 is 0 Å². The van der Waals surface area contributed by atoms with Crippen LogP contribution in [0.4, 0.5) is 22.7 Å². The normalized spacial score (nSPS) is 11.2. The number of anilines is 2. The highest BCUT2D eigenvalue weighted by Crippen LogP contribution is 2.24. The second-order valence-corrected chi connectivity index (χ2v) is 7.77. The highest BCUT2D eigenvalue weighted by atomic mass is 16.2. The number of carbonyl (C=O) groups is 1. The van der Waals surface area contributed by atoms with Crippen molar-refractivity contribution >= 4 is 28.7 Å². The fourth-order valence-corrected chi connectivity index (χ4v) is 3.50. The molecule has 0 radical (unpaired) electrons. The van der Waals surface area contributed by atoms with E-state index in [1.807, 2.05) is 42.5 Å². The third-order valence-corrected chi connectivity index (χ3v) is 5.51. The number of likely N-dealkylation sites (N-methyl/N-ethyl adjacent to an activating group) is 1. The van der Waals surface area contributed by atoms with Crippen molar-refractivity contribution in [2.45, 2.75) is 27.3 Å². The number of hydrogen-bond acceptors (Lipinski definition) is 5. The minimum atomic E-state index is -0.0125. The van der Waals surface area contributed by atoms with E-state index < -0.39 is 0 Å². The van der Waals surface area contributed by atoms with Crippen molar-refractivity contribution in [3.8, 4) is 0 Å². The SMILES string of the molecule is CCN(CC)CC(=O)Nc1ccc(N=Nc2ccc(N(CC)Cc3ccccc3)cc2)cc1. The maximum atomic E-state index is 12.1. The van der Waals surface area contributed by atoms with E-state index >= 15 is 0 Å². The third-order valence-electron chi connectivity index (χ3n) is 5.51. The van der Waals surface area contributed by atoms with Crippen molar-refractivity contribution in [2.75, 3.05) is 36.4 Å². The summed E-state index contributed by atoms with van der Waals surface area (Å²) in [5.74, 6) is -0.0125. The van der Waals surface area contributed by atoms with Crippen LogP contribution in [-0.4, -0.2) is 37.0 Å². The van der Waals surface area contributed by atoms with E-state index in [0.29, 0.717) is 6.54 Å². The Morgan fingerprint density at radius 2 is 1.33 bits per heavy atom. The molecule has 0 bridgehead atoms. The first-order valence-electron chi connectivity index (χ1n) is 11.5. The second kappa shape index (κ2) is 12.5. The van der Waals surface area contributed by atoms with Gasteiger partial charge in [-0.05, 0) is 74.1 Å². The van der Waals surface area contributed by atoms with Crippen LogP contribution in [0.15, 0.2) is 89.1 Å². The molecule has 172 valence electrons. The van der Waals surface area contributed by atoms with E-state index in [4.69, 9.17) is 0 Å². The molecular weight excluding hydrogens is 410 g/mol. The fourth-order valence-electron chi connectivity index (χ4n) is 3.50. The lowest BCUT2D eigenvalue weighted by atomic mass is 10.2. The van der Waals surface area contributed by atoms with Gasteiger partial charge in [0.1, 0.15) is 0 Å². The lowest BCUT2D eigenvalue weighted by Gasteiger charge is -2.23. The van der Waals surface area contributed by atoms with Gasteiger partial charge in [-0.15, -0.1) is 0 Å². The van der Waals surface area contributed by atoms with Crippen LogP contribution in [0.1, 0.15) is 26.3 Å². The number of nitrogens with one attached hydrogen (secondary N) is 1. The Balaban J connectivity index is 1.56. The van der Waals surface area contributed by atoms with E-state index in [1.165, 1.54) is 5.56 Å². The molecule has 0 saturated carbocycles. The number of benzene rings is 3. The van der Waals surface area contributed by atoms with Gasteiger partial charge in [0.2, 0.25) is 5.91 Å². The average Bonchev–Trinajstić information content (AvgIpc) is 2.86. The van der Waals surface area contributed by atoms with Crippen LogP contribution in [0.5, 0.6) is 0 Å². The van der Waals surface area contributed by atoms with E-state index in [1.54, 1.807) is 0 Å². The minimum Gasteiger partial charge on any atom is -0.367 e. The van der Waals surface area contributed by atoms with Gasteiger partial charge in [-0.1, -0.05) is 44.2 Å². The summed E-state index contributed by atoms with van der Waals surface area (Å²) >= 11 is 0. The van der Waals surface area contributed by atoms with Gasteiger partial charge in [-0.25, -0.2) is 0 Å². The Morgan fingerprint density at radius 1 is 0.758 bits per heavy atom. The zero-order valence-electron chi connectivity index (χ0n) is 19.7. The molecule has 3 rings (SSSR count). The molecule has 0 atom stereocenters. The predicted octanol–water partition coefficient (Wildman–Crippen LogP) is 6.41. The van der Waals surface area contributed by atoms with Crippen molar-refractivity contribution in [2.24, 2.45) is 10.2 Å². The van der Waals surface area contributed by atoms with Gasteiger partial charge in [-0.2, -0.15) is 10.2 Å². The first kappa shape index (κ1) is 24.1. The molecule has 1 amide bonds. The molecule has 6 heteroatoms. The molecule has 0 aliphatic heterocycles. The van der Waals surface area contributed by atoms with Gasteiger partial charge >= 0.3 is 0 Å². The molecule has 33 heavy (non-hydrogen) atoms. The number of nitrogens with zero attached hydrogens (tertiary/aromatic N) is 4. The monoisotopic (exact) mass is 443 g/mol. The summed E-state index contributed by atoms with van der Waals surface area (Å²) in [5.41, 5.74) is 4.74. The second-order valence-electron chi connectivity index (χ2n) is 7.77. The molecule has 0 aromatic heterocycles. The van der Waals surface area contributed by atoms with E-state index in [2.05, 4.69) is 82.5 Å². The van der Waals surface area contributed by atoms with Crippen LogP contribution in [0.3, 0.4) is 0 Å². The van der Waals surface area contributed by atoms with Crippen molar-refractivity contribution < 1.29 is 4.79 Å². The summed E-state index contributed by atoms with van der Waals surface area (Å²) in [6, 6.07) is 26.0. The predicted molar refractivity (Wildman–Crippen MR) is 137 cm³/mol. The van der Waals surface area contributed by atoms with E-state index in [0.717, 1.165) is 48.9 Å². The van der Waals surface area contributed by atoms with Gasteiger partial charge in [-0.3, -0.25) is 9.69 Å². The molecule has 3 aromatic carbocycles. The van der Waals surface area contributed by atoms with Crippen molar-refractivity contribution in [3.05, 3.63) is 84.4 Å². The topological polar surface area (TPSA) is 60.3 Å². The summed E-state index contributed by atoms with van der Waals surface area (Å²) in [7, 11) is 0. The van der Waals surface area contributed by atoms with Gasteiger partial charge in [0.05, 0.1) is 17.9 Å². The average molecular weight is 444 g/mol. The Labute approximate surface area is 197 Å². The standard InChI is InChI=1S/C27H33N5O/c1-4-31(5-2)21-27(33)28-23-12-14-24(15-13-23)29-30-25-16-18-26(19-17-25)32(6-3)20-22-10-8-7-9-11-22/h7-19H,4-6,20-21H2,1-3H3,(H,28,33). The van der Waals surface area contributed by atoms with E-state index in [-0.39, 0.29) is 5.91 Å². The molecule has 0 spiro atoms. The number of carbonyl (C=O) groups excluding carboxylic acids is 1. The minimum absolute atomic E-state index is 0.0125. The molecule has 0 aliphatic carbocycles. The quantitative estimate of drug-likeness (QED) is 0.348. The molecule has 1 N–H and O–H groups in total. The van der Waals surface area contributed by atoms with Gasteiger partial charge in [0.25, 0.3) is 0 Å². The number of azo groups is 1. The zero-order valence-corrected chi connectivity index (χ0v) is 19.7. The number of rotatable bonds is 11. The molecular formula is C27H33N5O. The van der Waals surface area contributed by atoms with Crippen LogP contribution in [0.2, 0.25) is 0 Å². The Morgan fingerprint density at radius 3 is 1.88 bits per heavy atom. The molecule has 0 unspecified atom stereocenters. The summed E-state index contributed by atoms with van der Waals surface area (Å²) < 4.78 is 0. The highest BCUT2D eigenvalue weighted by Gasteiger charge is 2.08. The smallest absolute Gasteiger partial charge is 0.238 e. The first-order valence-corrected chi connectivity index (χ1v) is 11.5. The molecule has 6 nitrogen and oxygen atoms in total. The largest absolute Gasteiger partial charge is 0.367 e. The summed E-state index contributed by atoms with van der Waals surface area (Å²) in [4.78, 5) is 16.5. The maximum Gasteiger partial charge on any atom is 0.238 e. The molecule has 0 aliphatic rings. The summed E-state index contributed by atoms with van der Waals surface area (Å²) in [6.45, 7) is 10.2. The Kier molecular flexibility index (Phi) is 9.15. The zero-order chi connectivity index (χ0) is 23.5. The van der Waals surface area contributed by atoms with Crippen molar-refractivity contribution in [1.82, 2.24) is 4.90 Å². The Bertz CT molecular complexity index is 1010. The highest BCUT2D eigenvalue weighted by molar-refractivity contribution is 5.92. The fraction of sp³-hybridized carbons (Fsp3) is 0.296. The van der Waals surface area contributed by atoms with Crippen LogP contribution in [0.25, 0.3) is 0 Å². The molecule has 0 saturated heterocycles. The van der Waals surface area contributed by atoms with E-state index in [9.17, 15) is 4.79 Å². The van der Waals surface area contributed by atoms with Gasteiger partial charge in [0.15, 0.2) is 0 Å². The molecule has 0 heterocycles. The molecule has 3 aromatic rings. The summed E-state index contributed by atoms with van der Waals surface area (Å²) in [6.07, 6.45) is 0. The lowest BCUT2D eigenvalue weighted by molar-refractivity contribution is -0.117.